The smallest absolute Gasteiger partial charge is 0.0838 e. The molecule has 0 aliphatic carbocycles. The molecule has 1 N–H and O–H groups in total. The van der Waals surface area contributed by atoms with Crippen molar-refractivity contribution in [1.29, 1.82) is 0 Å². The summed E-state index contributed by atoms with van der Waals surface area (Å²) in [7, 11) is 0. The largest absolute Gasteiger partial charge is 0.391 e. The third kappa shape index (κ3) is 2.23. The lowest BCUT2D eigenvalue weighted by Gasteiger charge is -2.10. The standard InChI is InChI=1S/C14H12OS2/c15-8-13-9-16-14(17-13)12-6-5-10-3-1-2-4-11(10)7-12/h1-7,9,14-15H,8H2. The normalized spacial score (nSPS) is 19.6. The SMILES string of the molecule is OCC1=CSC(c2ccc3ccccc3c2)S1. The first-order valence-electron chi connectivity index (χ1n) is 5.47. The Morgan fingerprint density at radius 2 is 1.88 bits per heavy atom. The van der Waals surface area contributed by atoms with Crippen LogP contribution in [0.5, 0.6) is 0 Å². The van der Waals surface area contributed by atoms with Gasteiger partial charge in [0.15, 0.2) is 0 Å². The van der Waals surface area contributed by atoms with Crippen LogP contribution in [-0.2, 0) is 0 Å². The monoisotopic (exact) mass is 260 g/mol. The summed E-state index contributed by atoms with van der Waals surface area (Å²) in [4.78, 5) is 1.06. The minimum Gasteiger partial charge on any atom is -0.391 e. The minimum absolute atomic E-state index is 0.155. The van der Waals surface area contributed by atoms with Gasteiger partial charge in [-0.25, -0.2) is 0 Å². The predicted octanol–water partition coefficient (Wildman–Crippen LogP) is 4.15. The van der Waals surface area contributed by atoms with E-state index in [1.54, 1.807) is 23.5 Å². The van der Waals surface area contributed by atoms with Crippen LogP contribution in [0.1, 0.15) is 10.1 Å². The highest BCUT2D eigenvalue weighted by Crippen LogP contribution is 2.50. The molecule has 1 aliphatic heterocycles. The van der Waals surface area contributed by atoms with Crippen molar-refractivity contribution in [2.24, 2.45) is 0 Å². The first-order chi connectivity index (χ1) is 8.36. The van der Waals surface area contributed by atoms with E-state index in [1.165, 1.54) is 16.3 Å². The van der Waals surface area contributed by atoms with Crippen molar-refractivity contribution >= 4 is 34.3 Å². The maximum Gasteiger partial charge on any atom is 0.0838 e. The average Bonchev–Trinajstić information content (AvgIpc) is 2.87. The highest BCUT2D eigenvalue weighted by Gasteiger charge is 2.19. The molecule has 2 aromatic carbocycles. The molecule has 3 rings (SSSR count). The summed E-state index contributed by atoms with van der Waals surface area (Å²) in [5.41, 5.74) is 1.32. The molecule has 1 aliphatic rings. The highest BCUT2D eigenvalue weighted by molar-refractivity contribution is 8.22. The van der Waals surface area contributed by atoms with E-state index in [0.717, 1.165) is 4.91 Å². The molecule has 1 atom stereocenters. The van der Waals surface area contributed by atoms with Gasteiger partial charge in [-0.2, -0.15) is 0 Å². The molecule has 86 valence electrons. The van der Waals surface area contributed by atoms with Crippen LogP contribution in [0.4, 0.5) is 0 Å². The number of benzene rings is 2. The summed E-state index contributed by atoms with van der Waals surface area (Å²) < 4.78 is 0.391. The van der Waals surface area contributed by atoms with Crippen LogP contribution in [0.2, 0.25) is 0 Å². The Labute approximate surface area is 109 Å². The molecular weight excluding hydrogens is 248 g/mol. The zero-order valence-electron chi connectivity index (χ0n) is 9.17. The third-order valence-electron chi connectivity index (χ3n) is 2.78. The summed E-state index contributed by atoms with van der Waals surface area (Å²) in [5, 5.41) is 13.7. The molecule has 0 aromatic heterocycles. The molecule has 1 unspecified atom stereocenters. The number of aliphatic hydroxyl groups excluding tert-OH is 1. The van der Waals surface area contributed by atoms with Crippen molar-refractivity contribution in [3.63, 3.8) is 0 Å². The molecular formula is C14H12OS2. The van der Waals surface area contributed by atoms with Gasteiger partial charge in [-0.15, -0.1) is 23.5 Å². The van der Waals surface area contributed by atoms with E-state index in [4.69, 9.17) is 5.11 Å². The molecule has 0 radical (unpaired) electrons. The maximum atomic E-state index is 9.10. The molecule has 0 bridgehead atoms. The Hall–Kier alpha value is -0.900. The zero-order valence-corrected chi connectivity index (χ0v) is 10.8. The van der Waals surface area contributed by atoms with E-state index >= 15 is 0 Å². The second-order valence-corrected chi connectivity index (χ2v) is 6.44. The molecule has 0 saturated carbocycles. The number of thioether (sulfide) groups is 2. The van der Waals surface area contributed by atoms with E-state index in [2.05, 4.69) is 47.9 Å². The van der Waals surface area contributed by atoms with Gasteiger partial charge in [-0.05, 0) is 27.8 Å². The number of fused-ring (bicyclic) bond motifs is 1. The van der Waals surface area contributed by atoms with Gasteiger partial charge in [0.1, 0.15) is 0 Å². The van der Waals surface area contributed by atoms with Crippen LogP contribution in [0, 0.1) is 0 Å². The Kier molecular flexibility index (Phi) is 3.14. The van der Waals surface area contributed by atoms with E-state index in [0.29, 0.717) is 4.58 Å². The predicted molar refractivity (Wildman–Crippen MR) is 77.0 cm³/mol. The van der Waals surface area contributed by atoms with E-state index in [-0.39, 0.29) is 6.61 Å². The quantitative estimate of drug-likeness (QED) is 0.876. The van der Waals surface area contributed by atoms with Crippen LogP contribution in [0.15, 0.2) is 52.8 Å². The minimum atomic E-state index is 0.155. The molecule has 0 fully saturated rings. The van der Waals surface area contributed by atoms with Gasteiger partial charge < -0.3 is 5.11 Å². The molecule has 1 nitrogen and oxygen atoms in total. The Balaban J connectivity index is 1.92. The summed E-state index contributed by atoms with van der Waals surface area (Å²) in [6.07, 6.45) is 0. The topological polar surface area (TPSA) is 20.2 Å². The molecule has 3 heteroatoms. The average molecular weight is 260 g/mol. The van der Waals surface area contributed by atoms with Gasteiger partial charge >= 0.3 is 0 Å². The van der Waals surface area contributed by atoms with Crippen molar-refractivity contribution in [3.05, 3.63) is 58.3 Å². The van der Waals surface area contributed by atoms with Crippen LogP contribution in [0.25, 0.3) is 10.8 Å². The third-order valence-corrected chi connectivity index (χ3v) is 5.53. The van der Waals surface area contributed by atoms with E-state index in [9.17, 15) is 0 Å². The summed E-state index contributed by atoms with van der Waals surface area (Å²) in [6, 6.07) is 15.0. The summed E-state index contributed by atoms with van der Waals surface area (Å²) >= 11 is 3.52. The number of aliphatic hydroxyl groups is 1. The van der Waals surface area contributed by atoms with Crippen molar-refractivity contribution in [3.8, 4) is 0 Å². The first-order valence-corrected chi connectivity index (χ1v) is 7.30. The lowest BCUT2D eigenvalue weighted by atomic mass is 10.1. The zero-order chi connectivity index (χ0) is 11.7. The van der Waals surface area contributed by atoms with Crippen molar-refractivity contribution in [2.45, 2.75) is 4.58 Å². The van der Waals surface area contributed by atoms with Crippen LogP contribution in [0.3, 0.4) is 0 Å². The van der Waals surface area contributed by atoms with Gasteiger partial charge in [-0.3, -0.25) is 0 Å². The molecule has 17 heavy (non-hydrogen) atoms. The molecule has 0 saturated heterocycles. The maximum absolute atomic E-state index is 9.10. The number of rotatable bonds is 2. The Morgan fingerprint density at radius 1 is 1.06 bits per heavy atom. The van der Waals surface area contributed by atoms with Gasteiger partial charge in [-0.1, -0.05) is 36.4 Å². The second-order valence-electron chi connectivity index (χ2n) is 3.93. The fourth-order valence-electron chi connectivity index (χ4n) is 1.91. The Bertz CT molecular complexity index is 577. The van der Waals surface area contributed by atoms with Crippen molar-refractivity contribution in [2.75, 3.05) is 6.61 Å². The molecule has 1 heterocycles. The lowest BCUT2D eigenvalue weighted by Crippen LogP contribution is -1.87. The summed E-state index contributed by atoms with van der Waals surface area (Å²) in [5.74, 6) is 0. The second kappa shape index (κ2) is 4.77. The highest BCUT2D eigenvalue weighted by atomic mass is 32.2. The fraction of sp³-hybridized carbons (Fsp3) is 0.143. The molecule has 2 aromatic rings. The van der Waals surface area contributed by atoms with Crippen LogP contribution >= 0.6 is 23.5 Å². The van der Waals surface area contributed by atoms with Crippen LogP contribution in [-0.4, -0.2) is 11.7 Å². The summed E-state index contributed by atoms with van der Waals surface area (Å²) in [6.45, 7) is 0.155. The fourth-order valence-corrected chi connectivity index (χ4v) is 4.34. The Morgan fingerprint density at radius 3 is 2.65 bits per heavy atom. The van der Waals surface area contributed by atoms with Crippen molar-refractivity contribution < 1.29 is 5.11 Å². The number of hydrogen-bond donors (Lipinski definition) is 1. The lowest BCUT2D eigenvalue weighted by molar-refractivity contribution is 0.340. The van der Waals surface area contributed by atoms with Gasteiger partial charge in [0.25, 0.3) is 0 Å². The molecule has 0 spiro atoms. The van der Waals surface area contributed by atoms with Crippen LogP contribution < -0.4 is 0 Å². The van der Waals surface area contributed by atoms with Gasteiger partial charge in [0.2, 0.25) is 0 Å². The first kappa shape index (κ1) is 11.2. The van der Waals surface area contributed by atoms with Gasteiger partial charge in [0.05, 0.1) is 11.2 Å². The molecule has 0 amide bonds. The van der Waals surface area contributed by atoms with Gasteiger partial charge in [0, 0.05) is 4.91 Å². The van der Waals surface area contributed by atoms with Crippen molar-refractivity contribution in [1.82, 2.24) is 0 Å². The van der Waals surface area contributed by atoms with E-state index < -0.39 is 0 Å². The van der Waals surface area contributed by atoms with E-state index in [1.807, 2.05) is 0 Å². The number of hydrogen-bond acceptors (Lipinski definition) is 3.